The Hall–Kier alpha value is -3.92. The number of benzene rings is 6. The first-order valence-electron chi connectivity index (χ1n) is 21.4. The van der Waals surface area contributed by atoms with Crippen LogP contribution in [0.5, 0.6) is 0 Å². The van der Waals surface area contributed by atoms with Crippen molar-refractivity contribution in [3.05, 3.63) is 170 Å². The second-order valence-corrected chi connectivity index (χ2v) is 17.9. The number of fused-ring (bicyclic) bond motifs is 10. The highest BCUT2D eigenvalue weighted by atomic mass is 79.9. The Kier molecular flexibility index (Phi) is 12.3. The van der Waals surface area contributed by atoms with Gasteiger partial charge in [0.1, 0.15) is 0 Å². The maximum Gasteiger partial charge on any atom is 0.0727 e. The summed E-state index contributed by atoms with van der Waals surface area (Å²) in [6, 6.07) is 48.9. The lowest BCUT2D eigenvalue weighted by Gasteiger charge is -2.32. The molecule has 0 amide bonds. The Labute approximate surface area is 352 Å². The average Bonchev–Trinajstić information content (AvgIpc) is 3.67. The standard InChI is InChI=1S/C53H55Br2N/c1-3-5-7-9-11-13-17-38-21-27-42(28-22-38)56(43-29-23-39(24-30-43)18-14-12-10-8-6-4-2)44-31-34-48-45-19-15-16-20-49(45)53(52(48)37-44)50-35-40(54)25-32-46(50)47-33-26-41(55)36-51(47)53/h15-16,19-37H,3-14,17-18H2,1-2H3. The molecule has 6 aromatic rings. The highest BCUT2D eigenvalue weighted by Crippen LogP contribution is 2.64. The molecule has 0 unspecified atom stereocenters. The van der Waals surface area contributed by atoms with Crippen LogP contribution in [0.1, 0.15) is 124 Å². The first-order valence-corrected chi connectivity index (χ1v) is 22.9. The predicted octanol–water partition coefficient (Wildman–Crippen LogP) is 16.8. The van der Waals surface area contributed by atoms with Crippen LogP contribution in [0, 0.1) is 0 Å². The van der Waals surface area contributed by atoms with Crippen molar-refractivity contribution >= 4 is 48.9 Å². The smallest absolute Gasteiger partial charge is 0.0727 e. The molecule has 6 aromatic carbocycles. The lowest BCUT2D eigenvalue weighted by atomic mass is 9.70. The average molecular weight is 866 g/mol. The fourth-order valence-electron chi connectivity index (χ4n) is 9.54. The molecule has 0 radical (unpaired) electrons. The molecule has 1 nitrogen and oxygen atoms in total. The van der Waals surface area contributed by atoms with Crippen LogP contribution in [0.2, 0.25) is 0 Å². The summed E-state index contributed by atoms with van der Waals surface area (Å²) < 4.78 is 2.21. The molecule has 0 saturated heterocycles. The number of unbranched alkanes of at least 4 members (excludes halogenated alkanes) is 10. The summed E-state index contributed by atoms with van der Waals surface area (Å²) in [6.45, 7) is 4.58. The van der Waals surface area contributed by atoms with E-state index in [1.54, 1.807) is 0 Å². The fourth-order valence-corrected chi connectivity index (χ4v) is 10.3. The van der Waals surface area contributed by atoms with Gasteiger partial charge >= 0.3 is 0 Å². The van der Waals surface area contributed by atoms with Gasteiger partial charge in [-0.3, -0.25) is 0 Å². The lowest BCUT2D eigenvalue weighted by Crippen LogP contribution is -2.26. The van der Waals surface area contributed by atoms with Crippen molar-refractivity contribution in [2.75, 3.05) is 4.90 Å². The van der Waals surface area contributed by atoms with E-state index < -0.39 is 5.41 Å². The third-order valence-electron chi connectivity index (χ3n) is 12.4. The van der Waals surface area contributed by atoms with Crippen molar-refractivity contribution in [3.8, 4) is 22.3 Å². The summed E-state index contributed by atoms with van der Waals surface area (Å²) in [6.07, 6.45) is 18.2. The summed E-state index contributed by atoms with van der Waals surface area (Å²) >= 11 is 7.77. The molecule has 0 N–H and O–H groups in total. The minimum absolute atomic E-state index is 0.437. The van der Waals surface area contributed by atoms with E-state index in [1.807, 2.05) is 0 Å². The minimum Gasteiger partial charge on any atom is -0.310 e. The number of nitrogens with zero attached hydrogens (tertiary/aromatic N) is 1. The monoisotopic (exact) mass is 863 g/mol. The molecule has 0 bridgehead atoms. The fraction of sp³-hybridized carbons (Fsp3) is 0.321. The molecule has 0 atom stereocenters. The summed E-state index contributed by atoms with van der Waals surface area (Å²) in [7, 11) is 0. The van der Waals surface area contributed by atoms with Gasteiger partial charge in [0.2, 0.25) is 0 Å². The molecule has 56 heavy (non-hydrogen) atoms. The van der Waals surface area contributed by atoms with E-state index in [4.69, 9.17) is 0 Å². The SMILES string of the molecule is CCCCCCCCc1ccc(N(c2ccc(CCCCCCCC)cc2)c2ccc3c(c2)C2(c4ccccc4-3)c3cc(Br)ccc3-c3ccc(Br)cc32)cc1. The Morgan fingerprint density at radius 2 is 0.804 bits per heavy atom. The van der Waals surface area contributed by atoms with Gasteiger partial charge in [-0.05, 0) is 142 Å². The summed E-state index contributed by atoms with van der Waals surface area (Å²) in [5.74, 6) is 0. The Morgan fingerprint density at radius 1 is 0.393 bits per heavy atom. The van der Waals surface area contributed by atoms with Crippen molar-refractivity contribution in [2.45, 2.75) is 109 Å². The second kappa shape index (κ2) is 17.7. The zero-order valence-electron chi connectivity index (χ0n) is 33.2. The molecule has 2 aliphatic carbocycles. The molecule has 286 valence electrons. The van der Waals surface area contributed by atoms with Crippen LogP contribution < -0.4 is 4.90 Å². The van der Waals surface area contributed by atoms with E-state index in [0.29, 0.717) is 0 Å². The van der Waals surface area contributed by atoms with Crippen LogP contribution in [0.3, 0.4) is 0 Å². The third kappa shape index (κ3) is 7.59. The van der Waals surface area contributed by atoms with E-state index in [0.717, 1.165) is 21.8 Å². The Balaban J connectivity index is 1.20. The van der Waals surface area contributed by atoms with Crippen molar-refractivity contribution in [3.63, 3.8) is 0 Å². The topological polar surface area (TPSA) is 3.24 Å². The zero-order chi connectivity index (χ0) is 38.5. The molecule has 0 heterocycles. The molecule has 8 rings (SSSR count). The quantitative estimate of drug-likeness (QED) is 0.0825. The van der Waals surface area contributed by atoms with E-state index in [1.165, 1.54) is 150 Å². The number of aryl methyl sites for hydroxylation is 2. The molecule has 0 aliphatic heterocycles. The number of rotatable bonds is 17. The van der Waals surface area contributed by atoms with Crippen LogP contribution in [-0.4, -0.2) is 0 Å². The normalized spacial score (nSPS) is 13.1. The number of halogens is 2. The number of hydrogen-bond acceptors (Lipinski definition) is 1. The number of hydrogen-bond donors (Lipinski definition) is 0. The van der Waals surface area contributed by atoms with Gasteiger partial charge in [-0.1, -0.05) is 177 Å². The van der Waals surface area contributed by atoms with Crippen LogP contribution in [-0.2, 0) is 18.3 Å². The van der Waals surface area contributed by atoms with Gasteiger partial charge in [0.15, 0.2) is 0 Å². The van der Waals surface area contributed by atoms with Crippen molar-refractivity contribution in [1.29, 1.82) is 0 Å². The summed E-state index contributed by atoms with van der Waals surface area (Å²) in [5, 5.41) is 0. The summed E-state index contributed by atoms with van der Waals surface area (Å²) in [5.41, 5.74) is 16.6. The molecule has 0 saturated carbocycles. The zero-order valence-corrected chi connectivity index (χ0v) is 36.4. The van der Waals surface area contributed by atoms with Gasteiger partial charge in [0.25, 0.3) is 0 Å². The van der Waals surface area contributed by atoms with Crippen LogP contribution in [0.15, 0.2) is 136 Å². The van der Waals surface area contributed by atoms with Crippen molar-refractivity contribution in [1.82, 2.24) is 0 Å². The van der Waals surface area contributed by atoms with Crippen LogP contribution in [0.4, 0.5) is 17.1 Å². The second-order valence-electron chi connectivity index (χ2n) is 16.1. The maximum atomic E-state index is 3.89. The van der Waals surface area contributed by atoms with Crippen molar-refractivity contribution in [2.24, 2.45) is 0 Å². The van der Waals surface area contributed by atoms with E-state index in [2.05, 4.69) is 178 Å². The molecule has 2 aliphatic rings. The highest BCUT2D eigenvalue weighted by Gasteiger charge is 2.52. The van der Waals surface area contributed by atoms with E-state index in [9.17, 15) is 0 Å². The molecule has 0 aromatic heterocycles. The Bertz CT molecular complexity index is 2160. The van der Waals surface area contributed by atoms with Gasteiger partial charge < -0.3 is 4.90 Å². The largest absolute Gasteiger partial charge is 0.310 e. The predicted molar refractivity (Wildman–Crippen MR) is 247 cm³/mol. The van der Waals surface area contributed by atoms with E-state index >= 15 is 0 Å². The Morgan fingerprint density at radius 3 is 1.32 bits per heavy atom. The van der Waals surface area contributed by atoms with Crippen LogP contribution >= 0.6 is 31.9 Å². The van der Waals surface area contributed by atoms with Gasteiger partial charge in [-0.15, -0.1) is 0 Å². The first-order chi connectivity index (χ1) is 27.5. The van der Waals surface area contributed by atoms with E-state index in [-0.39, 0.29) is 0 Å². The number of anilines is 3. The first kappa shape index (κ1) is 38.9. The lowest BCUT2D eigenvalue weighted by molar-refractivity contribution is 0.607. The molecular formula is C53H55Br2N. The van der Waals surface area contributed by atoms with Gasteiger partial charge in [0, 0.05) is 26.0 Å². The van der Waals surface area contributed by atoms with Gasteiger partial charge in [-0.2, -0.15) is 0 Å². The highest BCUT2D eigenvalue weighted by molar-refractivity contribution is 9.10. The third-order valence-corrected chi connectivity index (χ3v) is 13.4. The van der Waals surface area contributed by atoms with Crippen molar-refractivity contribution < 1.29 is 0 Å². The summed E-state index contributed by atoms with van der Waals surface area (Å²) in [4.78, 5) is 2.48. The minimum atomic E-state index is -0.437. The molecule has 0 fully saturated rings. The molecule has 3 heteroatoms. The van der Waals surface area contributed by atoms with Gasteiger partial charge in [0.05, 0.1) is 5.41 Å². The van der Waals surface area contributed by atoms with Gasteiger partial charge in [-0.25, -0.2) is 0 Å². The molecule has 1 spiro atoms. The van der Waals surface area contributed by atoms with Crippen LogP contribution in [0.25, 0.3) is 22.3 Å². The maximum absolute atomic E-state index is 3.89. The molecular weight excluding hydrogens is 810 g/mol.